The molecule has 1 N–H and O–H groups in total. The predicted octanol–water partition coefficient (Wildman–Crippen LogP) is 2.91. The fourth-order valence-corrected chi connectivity index (χ4v) is 2.72. The van der Waals surface area contributed by atoms with Gasteiger partial charge in [-0.3, -0.25) is 4.79 Å². The molecule has 1 unspecified atom stereocenters. The van der Waals surface area contributed by atoms with Crippen LogP contribution in [0.2, 0.25) is 0 Å². The van der Waals surface area contributed by atoms with Gasteiger partial charge in [-0.15, -0.1) is 0 Å². The van der Waals surface area contributed by atoms with Crippen LogP contribution in [0.3, 0.4) is 0 Å². The second-order valence-electron chi connectivity index (χ2n) is 5.77. The normalized spacial score (nSPS) is 12.1. The van der Waals surface area contributed by atoms with Crippen LogP contribution in [-0.4, -0.2) is 36.8 Å². The molecule has 26 heavy (non-hydrogen) atoms. The van der Waals surface area contributed by atoms with Gasteiger partial charge in [0.05, 0.1) is 29.9 Å². The number of aryl methyl sites for hydroxylation is 1. The molecule has 2 aromatic heterocycles. The SMILES string of the molecule is CCc1noc2ncc(C(=O)NCC(OC)c3cccc(OC)c3)cc12. The van der Waals surface area contributed by atoms with Crippen LogP contribution in [0.15, 0.2) is 41.1 Å². The highest BCUT2D eigenvalue weighted by atomic mass is 16.5. The third kappa shape index (κ3) is 3.67. The van der Waals surface area contributed by atoms with Crippen LogP contribution in [0.1, 0.15) is 34.6 Å². The number of aromatic nitrogens is 2. The van der Waals surface area contributed by atoms with E-state index in [2.05, 4.69) is 15.5 Å². The molecular weight excluding hydrogens is 334 g/mol. The fourth-order valence-electron chi connectivity index (χ4n) is 2.72. The Hall–Kier alpha value is -2.93. The number of carbonyl (C=O) groups is 1. The van der Waals surface area contributed by atoms with Crippen molar-refractivity contribution < 1.29 is 18.8 Å². The van der Waals surface area contributed by atoms with Crippen LogP contribution in [0.25, 0.3) is 11.1 Å². The van der Waals surface area contributed by atoms with E-state index in [1.54, 1.807) is 20.3 Å². The summed E-state index contributed by atoms with van der Waals surface area (Å²) in [7, 11) is 3.22. The smallest absolute Gasteiger partial charge is 0.257 e. The second kappa shape index (κ2) is 7.97. The molecule has 1 amide bonds. The summed E-state index contributed by atoms with van der Waals surface area (Å²) >= 11 is 0. The first-order valence-electron chi connectivity index (χ1n) is 8.35. The first kappa shape index (κ1) is 17.9. The van der Waals surface area contributed by atoms with Gasteiger partial charge in [-0.05, 0) is 30.2 Å². The van der Waals surface area contributed by atoms with Crippen LogP contribution in [0, 0.1) is 0 Å². The minimum absolute atomic E-state index is 0.229. The Kier molecular flexibility index (Phi) is 5.48. The highest BCUT2D eigenvalue weighted by Gasteiger charge is 2.16. The summed E-state index contributed by atoms with van der Waals surface area (Å²) in [5.74, 6) is 0.512. The first-order chi connectivity index (χ1) is 12.7. The summed E-state index contributed by atoms with van der Waals surface area (Å²) in [6.07, 6.45) is 1.91. The van der Waals surface area contributed by atoms with Crippen molar-refractivity contribution in [1.82, 2.24) is 15.5 Å². The van der Waals surface area contributed by atoms with Gasteiger partial charge < -0.3 is 19.3 Å². The highest BCUT2D eigenvalue weighted by molar-refractivity contribution is 5.97. The van der Waals surface area contributed by atoms with Crippen LogP contribution in [-0.2, 0) is 11.2 Å². The predicted molar refractivity (Wildman–Crippen MR) is 96.3 cm³/mol. The Morgan fingerprint density at radius 1 is 1.31 bits per heavy atom. The number of methoxy groups -OCH3 is 2. The van der Waals surface area contributed by atoms with Gasteiger partial charge in [-0.25, -0.2) is 4.98 Å². The van der Waals surface area contributed by atoms with Crippen molar-refractivity contribution >= 4 is 17.0 Å². The zero-order chi connectivity index (χ0) is 18.5. The molecular formula is C19H21N3O4. The molecule has 0 saturated heterocycles. The lowest BCUT2D eigenvalue weighted by Crippen LogP contribution is -2.29. The Labute approximate surface area is 151 Å². The highest BCUT2D eigenvalue weighted by Crippen LogP contribution is 2.21. The molecule has 0 radical (unpaired) electrons. The first-order valence-corrected chi connectivity index (χ1v) is 8.35. The third-order valence-corrected chi connectivity index (χ3v) is 4.20. The van der Waals surface area contributed by atoms with Crippen LogP contribution >= 0.6 is 0 Å². The van der Waals surface area contributed by atoms with E-state index in [0.717, 1.165) is 22.4 Å². The lowest BCUT2D eigenvalue weighted by atomic mass is 10.1. The van der Waals surface area contributed by atoms with Gasteiger partial charge in [0.15, 0.2) is 0 Å². The quantitative estimate of drug-likeness (QED) is 0.701. The summed E-state index contributed by atoms with van der Waals surface area (Å²) in [6.45, 7) is 2.30. The topological polar surface area (TPSA) is 86.5 Å². The average Bonchev–Trinajstić information content (AvgIpc) is 3.10. The number of carbonyl (C=O) groups excluding carboxylic acids is 1. The van der Waals surface area contributed by atoms with E-state index in [1.165, 1.54) is 6.20 Å². The fraction of sp³-hybridized carbons (Fsp3) is 0.316. The van der Waals surface area contributed by atoms with E-state index in [9.17, 15) is 4.79 Å². The van der Waals surface area contributed by atoms with E-state index in [0.29, 0.717) is 24.2 Å². The maximum atomic E-state index is 12.5. The lowest BCUT2D eigenvalue weighted by Gasteiger charge is -2.17. The van der Waals surface area contributed by atoms with E-state index in [-0.39, 0.29) is 12.0 Å². The average molecular weight is 355 g/mol. The molecule has 0 bridgehead atoms. The number of nitrogens with one attached hydrogen (secondary N) is 1. The summed E-state index contributed by atoms with van der Waals surface area (Å²) in [4.78, 5) is 16.7. The second-order valence-corrected chi connectivity index (χ2v) is 5.77. The third-order valence-electron chi connectivity index (χ3n) is 4.20. The summed E-state index contributed by atoms with van der Waals surface area (Å²) in [6, 6.07) is 9.32. The minimum atomic E-state index is -0.285. The molecule has 0 aliphatic rings. The molecule has 1 aromatic carbocycles. The Morgan fingerprint density at radius 3 is 2.88 bits per heavy atom. The number of benzene rings is 1. The van der Waals surface area contributed by atoms with Gasteiger partial charge in [0.1, 0.15) is 5.75 Å². The molecule has 0 spiro atoms. The summed E-state index contributed by atoms with van der Waals surface area (Å²) in [5.41, 5.74) is 2.60. The molecule has 0 saturated carbocycles. The number of hydrogen-bond donors (Lipinski definition) is 1. The van der Waals surface area contributed by atoms with Crippen molar-refractivity contribution in [2.45, 2.75) is 19.4 Å². The van der Waals surface area contributed by atoms with E-state index in [4.69, 9.17) is 14.0 Å². The number of ether oxygens (including phenoxy) is 2. The van der Waals surface area contributed by atoms with Crippen LogP contribution in [0.5, 0.6) is 5.75 Å². The van der Waals surface area contributed by atoms with Crippen LogP contribution in [0.4, 0.5) is 0 Å². The number of rotatable bonds is 7. The molecule has 7 nitrogen and oxygen atoms in total. The number of hydrogen-bond acceptors (Lipinski definition) is 6. The minimum Gasteiger partial charge on any atom is -0.497 e. The number of nitrogens with zero attached hydrogens (tertiary/aromatic N) is 2. The lowest BCUT2D eigenvalue weighted by molar-refractivity contribution is 0.0827. The molecule has 2 heterocycles. The molecule has 3 rings (SSSR count). The monoisotopic (exact) mass is 355 g/mol. The van der Waals surface area contributed by atoms with Crippen molar-refractivity contribution in [3.05, 3.63) is 53.3 Å². The summed E-state index contributed by atoms with van der Waals surface area (Å²) < 4.78 is 15.9. The molecule has 136 valence electrons. The largest absolute Gasteiger partial charge is 0.497 e. The van der Waals surface area contributed by atoms with Crippen molar-refractivity contribution in [1.29, 1.82) is 0 Å². The van der Waals surface area contributed by atoms with Crippen LogP contribution < -0.4 is 10.1 Å². The van der Waals surface area contributed by atoms with Crippen molar-refractivity contribution in [3.63, 3.8) is 0 Å². The standard InChI is InChI=1S/C19H21N3O4/c1-4-16-15-9-13(10-21-19(15)26-22-16)18(23)20-11-17(25-3)12-6-5-7-14(8-12)24-2/h5-10,17H,4,11H2,1-3H3,(H,20,23). The van der Waals surface area contributed by atoms with E-state index >= 15 is 0 Å². The van der Waals surface area contributed by atoms with Crippen molar-refractivity contribution in [2.75, 3.05) is 20.8 Å². The number of amides is 1. The van der Waals surface area contributed by atoms with Gasteiger partial charge >= 0.3 is 0 Å². The summed E-state index contributed by atoms with van der Waals surface area (Å²) in [5, 5.41) is 7.60. The molecule has 0 aliphatic carbocycles. The van der Waals surface area contributed by atoms with E-state index in [1.807, 2.05) is 31.2 Å². The van der Waals surface area contributed by atoms with Crippen molar-refractivity contribution in [2.24, 2.45) is 0 Å². The van der Waals surface area contributed by atoms with Gasteiger partial charge in [0.2, 0.25) is 0 Å². The van der Waals surface area contributed by atoms with Gasteiger partial charge in [-0.1, -0.05) is 24.2 Å². The van der Waals surface area contributed by atoms with Gasteiger partial charge in [0.25, 0.3) is 11.6 Å². The Morgan fingerprint density at radius 2 is 2.15 bits per heavy atom. The molecule has 7 heteroatoms. The number of pyridine rings is 1. The maximum absolute atomic E-state index is 12.5. The molecule has 0 fully saturated rings. The maximum Gasteiger partial charge on any atom is 0.257 e. The zero-order valence-corrected chi connectivity index (χ0v) is 15.0. The van der Waals surface area contributed by atoms with E-state index < -0.39 is 0 Å². The molecule has 3 aromatic rings. The van der Waals surface area contributed by atoms with Crippen molar-refractivity contribution in [3.8, 4) is 5.75 Å². The zero-order valence-electron chi connectivity index (χ0n) is 15.0. The van der Waals surface area contributed by atoms with Gasteiger partial charge in [0, 0.05) is 19.9 Å². The Bertz CT molecular complexity index is 907. The molecule has 0 aliphatic heterocycles. The number of fused-ring (bicyclic) bond motifs is 1. The Balaban J connectivity index is 1.72. The molecule has 1 atom stereocenters. The van der Waals surface area contributed by atoms with Gasteiger partial charge in [-0.2, -0.15) is 0 Å².